The second-order valence-electron chi connectivity index (χ2n) is 5.66. The predicted octanol–water partition coefficient (Wildman–Crippen LogP) is 2.65. The Kier molecular flexibility index (Phi) is 6.17. The third-order valence-electron chi connectivity index (χ3n) is 3.63. The molecular formula is C18H18FNO6S. The molecule has 0 bridgehead atoms. The molecule has 7 nitrogen and oxygen atoms in total. The number of hydrogen-bond acceptors (Lipinski definition) is 6. The summed E-state index contributed by atoms with van der Waals surface area (Å²) < 4.78 is 50.0. The minimum atomic E-state index is -4.03. The van der Waals surface area contributed by atoms with Gasteiger partial charge in [0.2, 0.25) is 0 Å². The molecule has 0 saturated carbocycles. The van der Waals surface area contributed by atoms with Crippen molar-refractivity contribution in [3.05, 3.63) is 59.4 Å². The van der Waals surface area contributed by atoms with Gasteiger partial charge in [0.15, 0.2) is 6.10 Å². The van der Waals surface area contributed by atoms with E-state index in [1.54, 1.807) is 6.92 Å². The molecule has 9 heteroatoms. The van der Waals surface area contributed by atoms with Crippen LogP contribution in [0.1, 0.15) is 22.8 Å². The quantitative estimate of drug-likeness (QED) is 0.755. The Bertz CT molecular complexity index is 956. The van der Waals surface area contributed by atoms with Gasteiger partial charge in [-0.2, -0.15) is 0 Å². The van der Waals surface area contributed by atoms with Crippen LogP contribution in [0.4, 0.5) is 10.1 Å². The Labute approximate surface area is 156 Å². The number of carbonyl (C=O) groups is 2. The summed E-state index contributed by atoms with van der Waals surface area (Å²) in [6.07, 6.45) is -1.14. The normalized spacial score (nSPS) is 12.1. The predicted molar refractivity (Wildman–Crippen MR) is 95.3 cm³/mol. The first kappa shape index (κ1) is 20.4. The van der Waals surface area contributed by atoms with Gasteiger partial charge in [-0.15, -0.1) is 0 Å². The summed E-state index contributed by atoms with van der Waals surface area (Å²) in [5, 5.41) is 0. The number of sulfonamides is 1. The number of carbonyl (C=O) groups excluding carboxylic acids is 2. The number of nitrogens with one attached hydrogen (secondary N) is 1. The van der Waals surface area contributed by atoms with E-state index in [-0.39, 0.29) is 16.1 Å². The second-order valence-corrected chi connectivity index (χ2v) is 7.31. The van der Waals surface area contributed by atoms with Gasteiger partial charge in [-0.25, -0.2) is 22.4 Å². The van der Waals surface area contributed by atoms with Gasteiger partial charge in [-0.05, 0) is 55.8 Å². The number of esters is 2. The highest BCUT2D eigenvalue weighted by atomic mass is 32.2. The number of hydrogen-bond donors (Lipinski definition) is 1. The summed E-state index contributed by atoms with van der Waals surface area (Å²) in [5.74, 6) is -2.11. The third-order valence-corrected chi connectivity index (χ3v) is 5.15. The fourth-order valence-corrected chi connectivity index (χ4v) is 3.52. The monoisotopic (exact) mass is 395 g/mol. The van der Waals surface area contributed by atoms with Crippen LogP contribution in [0, 0.1) is 12.7 Å². The average molecular weight is 395 g/mol. The first-order valence-electron chi connectivity index (χ1n) is 7.82. The van der Waals surface area contributed by atoms with Gasteiger partial charge in [0.1, 0.15) is 5.82 Å². The van der Waals surface area contributed by atoms with E-state index in [0.717, 1.165) is 25.3 Å². The van der Waals surface area contributed by atoms with Crippen molar-refractivity contribution in [2.45, 2.75) is 24.8 Å². The highest BCUT2D eigenvalue weighted by Gasteiger charge is 2.23. The molecular weight excluding hydrogens is 377 g/mol. The molecule has 0 aromatic heterocycles. The van der Waals surface area contributed by atoms with E-state index in [1.807, 2.05) is 0 Å². The van der Waals surface area contributed by atoms with Crippen LogP contribution in [0.5, 0.6) is 0 Å². The zero-order chi connectivity index (χ0) is 20.2. The van der Waals surface area contributed by atoms with Crippen molar-refractivity contribution in [3.8, 4) is 0 Å². The first-order chi connectivity index (χ1) is 12.6. The molecule has 2 aromatic carbocycles. The van der Waals surface area contributed by atoms with Crippen molar-refractivity contribution >= 4 is 27.6 Å². The molecule has 0 saturated heterocycles. The molecule has 0 aliphatic heterocycles. The standard InChI is InChI=1S/C18H18FNO6S/c1-11-4-5-13(18(22)26-12(2)17(21)25-3)10-16(11)27(23,24)20-15-8-6-14(19)7-9-15/h4-10,12,20H,1-3H3/t12-/m1/s1. The Morgan fingerprint density at radius 2 is 1.74 bits per heavy atom. The fraction of sp³-hybridized carbons (Fsp3) is 0.222. The number of aryl methyl sites for hydroxylation is 1. The Morgan fingerprint density at radius 3 is 2.33 bits per heavy atom. The van der Waals surface area contributed by atoms with Crippen molar-refractivity contribution in [3.63, 3.8) is 0 Å². The van der Waals surface area contributed by atoms with Gasteiger partial charge in [0.25, 0.3) is 10.0 Å². The Hall–Kier alpha value is -2.94. The van der Waals surface area contributed by atoms with Gasteiger partial charge >= 0.3 is 11.9 Å². The summed E-state index contributed by atoms with van der Waals surface area (Å²) in [5.41, 5.74) is 0.515. The van der Waals surface area contributed by atoms with Crippen LogP contribution < -0.4 is 4.72 Å². The molecule has 2 aromatic rings. The van der Waals surface area contributed by atoms with Crippen molar-refractivity contribution in [2.24, 2.45) is 0 Å². The summed E-state index contributed by atoms with van der Waals surface area (Å²) in [7, 11) is -2.88. The molecule has 144 valence electrons. The molecule has 27 heavy (non-hydrogen) atoms. The van der Waals surface area contributed by atoms with Crippen molar-refractivity contribution < 1.29 is 31.9 Å². The molecule has 0 heterocycles. The van der Waals surface area contributed by atoms with E-state index in [9.17, 15) is 22.4 Å². The molecule has 2 rings (SSSR count). The van der Waals surface area contributed by atoms with Crippen LogP contribution in [0.25, 0.3) is 0 Å². The minimum absolute atomic E-state index is 0.0455. The lowest BCUT2D eigenvalue weighted by atomic mass is 10.1. The van der Waals surface area contributed by atoms with Gasteiger partial charge in [0.05, 0.1) is 17.6 Å². The lowest BCUT2D eigenvalue weighted by Crippen LogP contribution is -2.25. The molecule has 0 fully saturated rings. The maximum Gasteiger partial charge on any atom is 0.346 e. The van der Waals surface area contributed by atoms with E-state index in [2.05, 4.69) is 9.46 Å². The number of methoxy groups -OCH3 is 1. The number of rotatable bonds is 6. The van der Waals surface area contributed by atoms with Gasteiger partial charge < -0.3 is 9.47 Å². The van der Waals surface area contributed by atoms with Crippen molar-refractivity contribution in [2.75, 3.05) is 11.8 Å². The minimum Gasteiger partial charge on any atom is -0.466 e. The second kappa shape index (κ2) is 8.17. The summed E-state index contributed by atoms with van der Waals surface area (Å²) >= 11 is 0. The van der Waals surface area contributed by atoms with Gasteiger partial charge in [-0.1, -0.05) is 6.07 Å². The number of ether oxygens (including phenoxy) is 2. The molecule has 0 unspecified atom stereocenters. The highest BCUT2D eigenvalue weighted by Crippen LogP contribution is 2.22. The van der Waals surface area contributed by atoms with Crippen molar-refractivity contribution in [1.82, 2.24) is 0 Å². The molecule has 0 radical (unpaired) electrons. The lowest BCUT2D eigenvalue weighted by molar-refractivity contribution is -0.149. The summed E-state index contributed by atoms with van der Waals surface area (Å²) in [4.78, 5) is 23.4. The van der Waals surface area contributed by atoms with E-state index in [0.29, 0.717) is 5.56 Å². The zero-order valence-corrected chi connectivity index (χ0v) is 15.7. The molecule has 0 aliphatic rings. The summed E-state index contributed by atoms with van der Waals surface area (Å²) in [6.45, 7) is 2.90. The maximum absolute atomic E-state index is 13.0. The van der Waals surface area contributed by atoms with Crippen LogP contribution in [-0.4, -0.2) is 33.6 Å². The van der Waals surface area contributed by atoms with Crippen LogP contribution in [0.15, 0.2) is 47.4 Å². The molecule has 1 N–H and O–H groups in total. The largest absolute Gasteiger partial charge is 0.466 e. The van der Waals surface area contributed by atoms with Gasteiger partial charge in [-0.3, -0.25) is 4.72 Å². The molecule has 0 amide bonds. The first-order valence-corrected chi connectivity index (χ1v) is 9.30. The Morgan fingerprint density at radius 1 is 1.11 bits per heavy atom. The van der Waals surface area contributed by atoms with Crippen LogP contribution >= 0.6 is 0 Å². The highest BCUT2D eigenvalue weighted by molar-refractivity contribution is 7.92. The van der Waals surface area contributed by atoms with Gasteiger partial charge in [0, 0.05) is 5.69 Å². The average Bonchev–Trinajstić information content (AvgIpc) is 2.62. The van der Waals surface area contributed by atoms with Crippen LogP contribution in [0.2, 0.25) is 0 Å². The van der Waals surface area contributed by atoms with E-state index >= 15 is 0 Å². The number of benzene rings is 2. The van der Waals surface area contributed by atoms with Crippen LogP contribution in [0.3, 0.4) is 0 Å². The topological polar surface area (TPSA) is 98.8 Å². The van der Waals surface area contributed by atoms with Crippen molar-refractivity contribution in [1.29, 1.82) is 0 Å². The van der Waals surface area contributed by atoms with E-state index in [1.165, 1.54) is 31.2 Å². The zero-order valence-electron chi connectivity index (χ0n) is 14.9. The maximum atomic E-state index is 13.0. The smallest absolute Gasteiger partial charge is 0.346 e. The Balaban J connectivity index is 2.29. The fourth-order valence-electron chi connectivity index (χ4n) is 2.19. The molecule has 0 aliphatic carbocycles. The lowest BCUT2D eigenvalue weighted by Gasteiger charge is -2.13. The third kappa shape index (κ3) is 5.04. The number of anilines is 1. The number of halogens is 1. The molecule has 1 atom stereocenters. The molecule has 0 spiro atoms. The van der Waals surface area contributed by atoms with Crippen LogP contribution in [-0.2, 0) is 24.3 Å². The van der Waals surface area contributed by atoms with E-state index in [4.69, 9.17) is 4.74 Å². The SMILES string of the molecule is COC(=O)[C@@H](C)OC(=O)c1ccc(C)c(S(=O)(=O)Nc2ccc(F)cc2)c1. The van der Waals surface area contributed by atoms with E-state index < -0.39 is 33.9 Å². The summed E-state index contributed by atoms with van der Waals surface area (Å²) in [6, 6.07) is 8.76.